The smallest absolute Gasteiger partial charge is 0.472 e. The van der Waals surface area contributed by atoms with Gasteiger partial charge in [-0.15, -0.1) is 0 Å². The van der Waals surface area contributed by atoms with Crippen molar-refractivity contribution >= 4 is 19.8 Å². The predicted octanol–water partition coefficient (Wildman–Crippen LogP) is 10.2. The van der Waals surface area contributed by atoms with E-state index in [1.54, 1.807) is 0 Å². The lowest BCUT2D eigenvalue weighted by atomic mass is 10.0. The average molecular weight is 720 g/mol. The van der Waals surface area contributed by atoms with Crippen LogP contribution in [0, 0.1) is 0 Å². The number of aliphatic carboxylic acids is 1. The van der Waals surface area contributed by atoms with Crippen molar-refractivity contribution in [2.24, 2.45) is 5.73 Å². The Balaban J connectivity index is 4.28. The summed E-state index contributed by atoms with van der Waals surface area (Å²) in [7, 11) is -4.61. The Morgan fingerprint density at radius 1 is 0.633 bits per heavy atom. The maximum absolute atomic E-state index is 12.6. The normalized spacial score (nSPS) is 14.2. The first kappa shape index (κ1) is 47.7. The molecule has 10 nitrogen and oxygen atoms in total. The molecule has 0 aromatic heterocycles. The van der Waals surface area contributed by atoms with Crippen LogP contribution in [-0.2, 0) is 32.7 Å². The van der Waals surface area contributed by atoms with Gasteiger partial charge in [0, 0.05) is 13.0 Å². The molecule has 0 saturated heterocycles. The van der Waals surface area contributed by atoms with E-state index >= 15 is 0 Å². The topological polar surface area (TPSA) is 155 Å². The van der Waals surface area contributed by atoms with E-state index in [1.807, 2.05) is 0 Å². The molecule has 0 amide bonds. The van der Waals surface area contributed by atoms with Crippen LogP contribution in [0.15, 0.2) is 12.2 Å². The molecule has 0 rings (SSSR count). The van der Waals surface area contributed by atoms with Gasteiger partial charge >= 0.3 is 19.8 Å². The van der Waals surface area contributed by atoms with Gasteiger partial charge in [-0.3, -0.25) is 18.6 Å². The molecule has 0 aliphatic heterocycles. The number of carbonyl (C=O) groups excluding carboxylic acids is 1. The van der Waals surface area contributed by atoms with E-state index in [0.717, 1.165) is 51.4 Å². The van der Waals surface area contributed by atoms with Crippen molar-refractivity contribution in [3.63, 3.8) is 0 Å². The Bertz CT molecular complexity index is 842. The SMILES string of the molecule is CCCCCC/C=C\CCCCCCCC(=O)O[C@H](COCCCCCCCCCCCCCCCC)COP(=O)(O)OC[C@H](N)C(=O)O. The Hall–Kier alpha value is -1.29. The summed E-state index contributed by atoms with van der Waals surface area (Å²) in [6.45, 7) is 3.86. The molecule has 0 fully saturated rings. The van der Waals surface area contributed by atoms with Gasteiger partial charge in [0.05, 0.1) is 19.8 Å². The molecular weight excluding hydrogens is 645 g/mol. The zero-order chi connectivity index (χ0) is 36.3. The van der Waals surface area contributed by atoms with Crippen LogP contribution in [0.2, 0.25) is 0 Å². The lowest BCUT2D eigenvalue weighted by Gasteiger charge is -2.20. The minimum absolute atomic E-state index is 0.0188. The van der Waals surface area contributed by atoms with E-state index < -0.39 is 45.1 Å². The molecule has 0 bridgehead atoms. The number of carboxylic acids is 1. The third-order valence-electron chi connectivity index (χ3n) is 8.54. The van der Waals surface area contributed by atoms with Crippen molar-refractivity contribution in [3.05, 3.63) is 12.2 Å². The third-order valence-corrected chi connectivity index (χ3v) is 9.50. The second-order valence-corrected chi connectivity index (χ2v) is 14.9. The number of hydrogen-bond donors (Lipinski definition) is 3. The van der Waals surface area contributed by atoms with Crippen molar-refractivity contribution in [1.29, 1.82) is 0 Å². The molecule has 11 heteroatoms. The highest BCUT2D eigenvalue weighted by Gasteiger charge is 2.27. The summed E-state index contributed by atoms with van der Waals surface area (Å²) in [5.41, 5.74) is 5.34. The molecule has 290 valence electrons. The molecular formula is C38H74NO9P. The predicted molar refractivity (Wildman–Crippen MR) is 199 cm³/mol. The number of unbranched alkanes of at least 4 members (excludes halogenated alkanes) is 22. The van der Waals surface area contributed by atoms with E-state index in [4.69, 9.17) is 29.4 Å². The fraction of sp³-hybridized carbons (Fsp3) is 0.895. The Labute approximate surface area is 299 Å². The fourth-order valence-electron chi connectivity index (χ4n) is 5.42. The quantitative estimate of drug-likeness (QED) is 0.0243. The number of ether oxygens (including phenoxy) is 2. The first-order valence-corrected chi connectivity index (χ1v) is 21.2. The van der Waals surface area contributed by atoms with Gasteiger partial charge < -0.3 is 25.2 Å². The zero-order valence-electron chi connectivity index (χ0n) is 31.3. The molecule has 3 atom stereocenters. The maximum Gasteiger partial charge on any atom is 0.472 e. The molecule has 4 N–H and O–H groups in total. The van der Waals surface area contributed by atoms with Gasteiger partial charge in [0.25, 0.3) is 0 Å². The van der Waals surface area contributed by atoms with Crippen LogP contribution in [0.3, 0.4) is 0 Å². The molecule has 49 heavy (non-hydrogen) atoms. The minimum atomic E-state index is -4.61. The van der Waals surface area contributed by atoms with E-state index in [-0.39, 0.29) is 13.0 Å². The van der Waals surface area contributed by atoms with Crippen molar-refractivity contribution in [3.8, 4) is 0 Å². The highest BCUT2D eigenvalue weighted by molar-refractivity contribution is 7.47. The Morgan fingerprint density at radius 3 is 1.57 bits per heavy atom. The van der Waals surface area contributed by atoms with Crippen molar-refractivity contribution < 1.29 is 42.7 Å². The molecule has 0 aromatic rings. The Kier molecular flexibility index (Phi) is 34.2. The van der Waals surface area contributed by atoms with Gasteiger partial charge in [-0.05, 0) is 38.5 Å². The van der Waals surface area contributed by atoms with E-state index in [0.29, 0.717) is 13.0 Å². The van der Waals surface area contributed by atoms with Crippen molar-refractivity contribution in [2.75, 3.05) is 26.4 Å². The highest BCUT2D eigenvalue weighted by Crippen LogP contribution is 2.43. The summed E-state index contributed by atoms with van der Waals surface area (Å²) >= 11 is 0. The lowest BCUT2D eigenvalue weighted by Crippen LogP contribution is -2.34. The highest BCUT2D eigenvalue weighted by atomic mass is 31.2. The molecule has 0 aromatic carbocycles. The van der Waals surface area contributed by atoms with E-state index in [9.17, 15) is 19.0 Å². The van der Waals surface area contributed by atoms with Gasteiger partial charge in [0.15, 0.2) is 0 Å². The van der Waals surface area contributed by atoms with Crippen molar-refractivity contribution in [2.45, 2.75) is 193 Å². The van der Waals surface area contributed by atoms with Crippen LogP contribution in [-0.4, -0.2) is 60.5 Å². The fourth-order valence-corrected chi connectivity index (χ4v) is 6.20. The number of carbonyl (C=O) groups is 2. The Morgan fingerprint density at radius 2 is 1.06 bits per heavy atom. The van der Waals surface area contributed by atoms with Crippen LogP contribution in [0.5, 0.6) is 0 Å². The number of carboxylic acid groups (broad SMARTS) is 1. The number of esters is 1. The second kappa shape index (κ2) is 35.1. The number of allylic oxidation sites excluding steroid dienone is 2. The standard InChI is InChI=1S/C38H74NO9P/c1-3-5-7-9-11-13-15-17-19-21-23-25-27-29-31-45-32-35(33-46-49(43,44)47-34-36(39)38(41)42)48-37(40)30-28-26-24-22-20-18-16-14-12-10-8-6-4-2/h14,16,35-36H,3-13,15,17-34,39H2,1-2H3,(H,41,42)(H,43,44)/b16-14-/t35-,36+/m1/s1. The van der Waals surface area contributed by atoms with E-state index in [1.165, 1.54) is 103 Å². The minimum Gasteiger partial charge on any atom is -0.480 e. The van der Waals surface area contributed by atoms with Gasteiger partial charge in [-0.25, -0.2) is 4.57 Å². The molecule has 0 heterocycles. The zero-order valence-corrected chi connectivity index (χ0v) is 32.2. The maximum atomic E-state index is 12.6. The number of phosphoric ester groups is 1. The number of hydrogen-bond acceptors (Lipinski definition) is 8. The molecule has 0 spiro atoms. The van der Waals surface area contributed by atoms with Crippen LogP contribution in [0.4, 0.5) is 0 Å². The summed E-state index contributed by atoms with van der Waals surface area (Å²) in [5, 5.41) is 8.86. The van der Waals surface area contributed by atoms with Gasteiger partial charge in [0.1, 0.15) is 12.1 Å². The molecule has 0 aliphatic rings. The van der Waals surface area contributed by atoms with Crippen LogP contribution < -0.4 is 5.73 Å². The summed E-state index contributed by atoms with van der Waals surface area (Å²) in [5.74, 6) is -1.78. The first-order valence-electron chi connectivity index (χ1n) is 19.7. The van der Waals surface area contributed by atoms with Crippen LogP contribution >= 0.6 is 7.82 Å². The van der Waals surface area contributed by atoms with E-state index in [2.05, 4.69) is 26.0 Å². The monoisotopic (exact) mass is 720 g/mol. The number of nitrogens with two attached hydrogens (primary N) is 1. The van der Waals surface area contributed by atoms with Crippen LogP contribution in [0.25, 0.3) is 0 Å². The lowest BCUT2D eigenvalue weighted by molar-refractivity contribution is -0.154. The van der Waals surface area contributed by atoms with Gasteiger partial charge in [0.2, 0.25) is 0 Å². The largest absolute Gasteiger partial charge is 0.480 e. The molecule has 0 aliphatic carbocycles. The molecule has 0 saturated carbocycles. The summed E-state index contributed by atoms with van der Waals surface area (Å²) in [6, 6.07) is -1.47. The third kappa shape index (κ3) is 34.9. The van der Waals surface area contributed by atoms with Crippen molar-refractivity contribution in [1.82, 2.24) is 0 Å². The summed E-state index contributed by atoms with van der Waals surface area (Å²) < 4.78 is 33.2. The summed E-state index contributed by atoms with van der Waals surface area (Å²) in [6.07, 6.45) is 34.0. The second-order valence-electron chi connectivity index (χ2n) is 13.4. The first-order chi connectivity index (χ1) is 23.7. The molecule has 1 unspecified atom stereocenters. The van der Waals surface area contributed by atoms with Gasteiger partial charge in [-0.2, -0.15) is 0 Å². The number of rotatable bonds is 38. The van der Waals surface area contributed by atoms with Crippen LogP contribution in [0.1, 0.15) is 181 Å². The average Bonchev–Trinajstić information content (AvgIpc) is 3.07. The van der Waals surface area contributed by atoms with Gasteiger partial charge in [-0.1, -0.05) is 148 Å². The summed E-state index contributed by atoms with van der Waals surface area (Å²) in [4.78, 5) is 33.4. The molecule has 0 radical (unpaired) electrons. The number of phosphoric acid groups is 1.